The summed E-state index contributed by atoms with van der Waals surface area (Å²) in [7, 11) is 0. The van der Waals surface area contributed by atoms with E-state index in [1.165, 1.54) is 83.5 Å². The summed E-state index contributed by atoms with van der Waals surface area (Å²) in [5.41, 5.74) is 0.754. The van der Waals surface area contributed by atoms with Gasteiger partial charge < -0.3 is 15.4 Å². The normalized spacial score (nSPS) is 11.0. The summed E-state index contributed by atoms with van der Waals surface area (Å²) in [6.45, 7) is 2.98. The van der Waals surface area contributed by atoms with Gasteiger partial charge in [-0.25, -0.2) is 4.79 Å². The van der Waals surface area contributed by atoms with Crippen molar-refractivity contribution in [2.45, 2.75) is 96.8 Å². The first kappa shape index (κ1) is 28.5. The Morgan fingerprint density at radius 3 is 1.86 bits per heavy atom. The van der Waals surface area contributed by atoms with Crippen LogP contribution in [0.5, 0.6) is 11.5 Å². The van der Waals surface area contributed by atoms with Gasteiger partial charge in [-0.05, 0) is 68.5 Å². The van der Waals surface area contributed by atoms with Crippen LogP contribution in [0.25, 0.3) is 0 Å². The maximum Gasteiger partial charge on any atom is 0.319 e. The fraction of sp³-hybridized carbons (Fsp3) is 0.516. The maximum absolute atomic E-state index is 12.1. The molecule has 0 heterocycles. The second kappa shape index (κ2) is 19.5. The Kier molecular flexibility index (Phi) is 15.9. The van der Waals surface area contributed by atoms with Crippen molar-refractivity contribution in [1.82, 2.24) is 5.32 Å². The Hall–Kier alpha value is -2.75. The Morgan fingerprint density at radius 1 is 0.686 bits per heavy atom. The molecular weight excluding hydrogens is 432 g/mol. The Balaban J connectivity index is 1.39. The number of rotatable bonds is 19. The van der Waals surface area contributed by atoms with E-state index in [4.69, 9.17) is 4.74 Å². The smallest absolute Gasteiger partial charge is 0.319 e. The molecule has 2 aromatic carbocycles. The highest BCUT2D eigenvalue weighted by Gasteiger charge is 2.02. The van der Waals surface area contributed by atoms with Gasteiger partial charge in [0.2, 0.25) is 0 Å². The minimum Gasteiger partial charge on any atom is -0.457 e. The van der Waals surface area contributed by atoms with E-state index in [9.17, 15) is 4.79 Å². The standard InChI is InChI=1S/C31H46N2O2/c1-2-3-4-5-6-7-8-9-10-11-12-13-14-15-16-20-27-32-31(34)33-28-23-25-30(26-24-28)35-29-21-18-17-19-22-29/h9-10,17-19,21-26H,2-8,11-16,20,27H2,1H3,(H2,32,33,34)/b10-9-. The summed E-state index contributed by atoms with van der Waals surface area (Å²) < 4.78 is 5.77. The highest BCUT2D eigenvalue weighted by Crippen LogP contribution is 2.22. The molecular formula is C31H46N2O2. The number of benzene rings is 2. The molecule has 0 atom stereocenters. The van der Waals surface area contributed by atoms with Gasteiger partial charge in [-0.2, -0.15) is 0 Å². The lowest BCUT2D eigenvalue weighted by Gasteiger charge is -2.09. The molecule has 0 fully saturated rings. The molecule has 192 valence electrons. The number of ether oxygens (including phenoxy) is 1. The van der Waals surface area contributed by atoms with Gasteiger partial charge in [0, 0.05) is 12.2 Å². The van der Waals surface area contributed by atoms with Crippen LogP contribution in [0.4, 0.5) is 10.5 Å². The third-order valence-corrected chi connectivity index (χ3v) is 6.07. The summed E-state index contributed by atoms with van der Waals surface area (Å²) in [4.78, 5) is 12.1. The van der Waals surface area contributed by atoms with E-state index in [0.29, 0.717) is 6.54 Å². The van der Waals surface area contributed by atoms with Crippen molar-refractivity contribution in [2.24, 2.45) is 0 Å². The molecule has 2 aromatic rings. The molecule has 2 rings (SSSR count). The van der Waals surface area contributed by atoms with Crippen LogP contribution in [-0.2, 0) is 0 Å². The molecule has 0 saturated heterocycles. The highest BCUT2D eigenvalue weighted by molar-refractivity contribution is 5.89. The van der Waals surface area contributed by atoms with E-state index in [1.807, 2.05) is 54.6 Å². The Morgan fingerprint density at radius 2 is 1.23 bits per heavy atom. The number of hydrogen-bond donors (Lipinski definition) is 2. The van der Waals surface area contributed by atoms with Crippen LogP contribution in [0.15, 0.2) is 66.7 Å². The molecule has 0 aliphatic carbocycles. The Labute approximate surface area is 213 Å². The number of allylic oxidation sites excluding steroid dienone is 2. The zero-order valence-corrected chi connectivity index (χ0v) is 21.8. The average molecular weight is 479 g/mol. The van der Waals surface area contributed by atoms with Crippen molar-refractivity contribution >= 4 is 11.7 Å². The van der Waals surface area contributed by atoms with Crippen LogP contribution in [-0.4, -0.2) is 12.6 Å². The molecule has 0 aliphatic heterocycles. The highest BCUT2D eigenvalue weighted by atomic mass is 16.5. The summed E-state index contributed by atoms with van der Waals surface area (Å²) in [5, 5.41) is 5.82. The summed E-state index contributed by atoms with van der Waals surface area (Å²) in [5.74, 6) is 1.54. The predicted molar refractivity (Wildman–Crippen MR) is 149 cm³/mol. The monoisotopic (exact) mass is 478 g/mol. The van der Waals surface area contributed by atoms with E-state index < -0.39 is 0 Å². The fourth-order valence-corrected chi connectivity index (χ4v) is 3.98. The lowest BCUT2D eigenvalue weighted by Crippen LogP contribution is -2.29. The molecule has 4 nitrogen and oxygen atoms in total. The molecule has 35 heavy (non-hydrogen) atoms. The van der Waals surface area contributed by atoms with Crippen molar-refractivity contribution in [3.63, 3.8) is 0 Å². The molecule has 4 heteroatoms. The Bertz CT molecular complexity index is 802. The third-order valence-electron chi connectivity index (χ3n) is 6.07. The van der Waals surface area contributed by atoms with Gasteiger partial charge in [0.25, 0.3) is 0 Å². The lowest BCUT2D eigenvalue weighted by atomic mass is 10.1. The second-order valence-electron chi connectivity index (χ2n) is 9.26. The van der Waals surface area contributed by atoms with Gasteiger partial charge in [-0.1, -0.05) is 95.1 Å². The minimum absolute atomic E-state index is 0.158. The number of anilines is 1. The quantitative estimate of drug-likeness (QED) is 0.156. The van der Waals surface area contributed by atoms with Crippen LogP contribution in [0.3, 0.4) is 0 Å². The average Bonchev–Trinajstić information content (AvgIpc) is 2.88. The molecule has 2 N–H and O–H groups in total. The van der Waals surface area contributed by atoms with Crippen molar-refractivity contribution in [3.8, 4) is 11.5 Å². The van der Waals surface area contributed by atoms with Gasteiger partial charge in [0.15, 0.2) is 0 Å². The van der Waals surface area contributed by atoms with E-state index in [-0.39, 0.29) is 6.03 Å². The summed E-state index contributed by atoms with van der Waals surface area (Å²) in [6.07, 6.45) is 22.8. The summed E-state index contributed by atoms with van der Waals surface area (Å²) >= 11 is 0. The molecule has 0 unspecified atom stereocenters. The van der Waals surface area contributed by atoms with Gasteiger partial charge in [0.1, 0.15) is 11.5 Å². The first-order chi connectivity index (χ1) is 17.3. The number of carbonyl (C=O) groups excluding carboxylic acids is 1. The molecule has 0 aromatic heterocycles. The lowest BCUT2D eigenvalue weighted by molar-refractivity contribution is 0.252. The number of amides is 2. The molecule has 0 aliphatic rings. The third kappa shape index (κ3) is 15.0. The van der Waals surface area contributed by atoms with Crippen LogP contribution < -0.4 is 15.4 Å². The zero-order chi connectivity index (χ0) is 24.8. The predicted octanol–water partition coefficient (Wildman–Crippen LogP) is 9.64. The zero-order valence-electron chi connectivity index (χ0n) is 21.8. The van der Waals surface area contributed by atoms with Crippen LogP contribution in [0, 0.1) is 0 Å². The second-order valence-corrected chi connectivity index (χ2v) is 9.26. The number of para-hydroxylation sites is 1. The molecule has 2 amide bonds. The van der Waals surface area contributed by atoms with Crippen molar-refractivity contribution in [2.75, 3.05) is 11.9 Å². The van der Waals surface area contributed by atoms with Crippen molar-refractivity contribution in [1.29, 1.82) is 0 Å². The summed E-state index contributed by atoms with van der Waals surface area (Å²) in [6, 6.07) is 16.9. The molecule has 0 saturated carbocycles. The minimum atomic E-state index is -0.158. The van der Waals surface area contributed by atoms with Crippen LogP contribution in [0.2, 0.25) is 0 Å². The van der Waals surface area contributed by atoms with Crippen LogP contribution >= 0.6 is 0 Å². The molecule has 0 radical (unpaired) electrons. The fourth-order valence-electron chi connectivity index (χ4n) is 3.98. The first-order valence-electron chi connectivity index (χ1n) is 13.8. The van der Waals surface area contributed by atoms with Crippen LogP contribution in [0.1, 0.15) is 96.8 Å². The van der Waals surface area contributed by atoms with Crippen molar-refractivity contribution in [3.05, 3.63) is 66.7 Å². The maximum atomic E-state index is 12.1. The molecule has 0 spiro atoms. The van der Waals surface area contributed by atoms with Crippen molar-refractivity contribution < 1.29 is 9.53 Å². The molecule has 0 bridgehead atoms. The topological polar surface area (TPSA) is 50.4 Å². The SMILES string of the molecule is CCCCCCCC/C=C\CCCCCCCCNC(=O)Nc1ccc(Oc2ccccc2)cc1. The van der Waals surface area contributed by atoms with Gasteiger partial charge >= 0.3 is 6.03 Å². The first-order valence-corrected chi connectivity index (χ1v) is 13.8. The van der Waals surface area contributed by atoms with Gasteiger partial charge in [-0.15, -0.1) is 0 Å². The van der Waals surface area contributed by atoms with E-state index in [2.05, 4.69) is 29.7 Å². The van der Waals surface area contributed by atoms with Gasteiger partial charge in [-0.3, -0.25) is 0 Å². The van der Waals surface area contributed by atoms with E-state index in [0.717, 1.165) is 23.6 Å². The number of urea groups is 1. The van der Waals surface area contributed by atoms with E-state index >= 15 is 0 Å². The number of unbranched alkanes of at least 4 members (excludes halogenated alkanes) is 12. The largest absolute Gasteiger partial charge is 0.457 e. The van der Waals surface area contributed by atoms with Gasteiger partial charge in [0.05, 0.1) is 0 Å². The number of nitrogens with one attached hydrogen (secondary N) is 2. The number of hydrogen-bond acceptors (Lipinski definition) is 2. The number of carbonyl (C=O) groups is 1. The van der Waals surface area contributed by atoms with E-state index in [1.54, 1.807) is 0 Å².